The van der Waals surface area contributed by atoms with Crippen molar-refractivity contribution in [1.82, 2.24) is 24.6 Å². The molecule has 1 saturated carbocycles. The van der Waals surface area contributed by atoms with E-state index in [1.807, 2.05) is 59.3 Å². The summed E-state index contributed by atoms with van der Waals surface area (Å²) in [6.45, 7) is 7.22. The molecule has 4 heterocycles. The lowest BCUT2D eigenvalue weighted by Crippen LogP contribution is -2.18. The minimum atomic E-state index is 0.549. The van der Waals surface area contributed by atoms with Gasteiger partial charge in [-0.25, -0.2) is 4.98 Å². The summed E-state index contributed by atoms with van der Waals surface area (Å²) in [5.41, 5.74) is 5.86. The largest absolute Gasteiger partial charge is 0.373 e. The van der Waals surface area contributed by atoms with Gasteiger partial charge in [0.1, 0.15) is 12.1 Å². The topological polar surface area (TPSA) is 78.8 Å². The molecule has 1 aliphatic heterocycles. The van der Waals surface area contributed by atoms with Gasteiger partial charge in [-0.3, -0.25) is 14.4 Å². The van der Waals surface area contributed by atoms with Gasteiger partial charge in [0, 0.05) is 54.9 Å². The summed E-state index contributed by atoms with van der Waals surface area (Å²) in [6, 6.07) is 10.5. The van der Waals surface area contributed by atoms with Crippen LogP contribution in [0.1, 0.15) is 60.9 Å². The first kappa shape index (κ1) is 24.0. The van der Waals surface area contributed by atoms with E-state index in [9.17, 15) is 4.79 Å². The van der Waals surface area contributed by atoms with E-state index < -0.39 is 0 Å². The van der Waals surface area contributed by atoms with Gasteiger partial charge in [0.25, 0.3) is 0 Å². The maximum Gasteiger partial charge on any atom is 0.150 e. The molecular weight excluding hydrogens is 424 g/mol. The Kier molecular flexibility index (Phi) is 6.75. The fourth-order valence-electron chi connectivity index (χ4n) is 5.05. The Bertz CT molecular complexity index is 1300. The second-order valence-corrected chi connectivity index (χ2v) is 9.37. The molecule has 1 aliphatic carbocycles. The van der Waals surface area contributed by atoms with Crippen LogP contribution >= 0.6 is 0 Å². The molecule has 3 aromatic heterocycles. The summed E-state index contributed by atoms with van der Waals surface area (Å²) in [6.07, 6.45) is 6.94. The SMILES string of the molecule is CC.CNc1cc2[nH]c(C3CC4(CC4)CN3C)cc2cn1.Cc1nn(C)c2cc(C=O)ccc12. The molecule has 2 aliphatic rings. The number of aldehydes is 1. The van der Waals surface area contributed by atoms with Crippen LogP contribution in [-0.4, -0.2) is 51.6 Å². The van der Waals surface area contributed by atoms with E-state index in [1.165, 1.54) is 42.4 Å². The number of fused-ring (bicyclic) bond motifs is 2. The van der Waals surface area contributed by atoms with Crippen molar-refractivity contribution in [3.05, 3.63) is 53.5 Å². The van der Waals surface area contributed by atoms with E-state index in [-0.39, 0.29) is 0 Å². The molecule has 4 aromatic rings. The zero-order chi connectivity index (χ0) is 24.5. The number of hydrogen-bond acceptors (Lipinski definition) is 5. The van der Waals surface area contributed by atoms with E-state index in [2.05, 4.69) is 44.5 Å². The third-order valence-corrected chi connectivity index (χ3v) is 7.04. The van der Waals surface area contributed by atoms with E-state index in [4.69, 9.17) is 0 Å². The van der Waals surface area contributed by atoms with Crippen LogP contribution in [0.4, 0.5) is 5.82 Å². The number of aromatic nitrogens is 4. The maximum atomic E-state index is 10.5. The fraction of sp³-hybridized carbons (Fsp3) is 0.444. The number of benzene rings is 1. The Morgan fingerprint density at radius 1 is 1.18 bits per heavy atom. The quantitative estimate of drug-likeness (QED) is 0.396. The first-order chi connectivity index (χ1) is 16.4. The number of aryl methyl sites for hydroxylation is 2. The minimum Gasteiger partial charge on any atom is -0.373 e. The molecule has 1 aromatic carbocycles. The van der Waals surface area contributed by atoms with Crippen molar-refractivity contribution < 1.29 is 4.79 Å². The van der Waals surface area contributed by atoms with Crippen molar-refractivity contribution in [3.63, 3.8) is 0 Å². The number of pyridine rings is 1. The van der Waals surface area contributed by atoms with Crippen LogP contribution in [0.2, 0.25) is 0 Å². The molecule has 2 fully saturated rings. The second-order valence-electron chi connectivity index (χ2n) is 9.37. The van der Waals surface area contributed by atoms with Gasteiger partial charge in [0.15, 0.2) is 0 Å². The van der Waals surface area contributed by atoms with Crippen molar-refractivity contribution in [2.75, 3.05) is 26.0 Å². The number of likely N-dealkylation sites (tertiary alicyclic amines) is 1. The van der Waals surface area contributed by atoms with Crippen molar-refractivity contribution >= 4 is 33.9 Å². The van der Waals surface area contributed by atoms with Gasteiger partial charge in [-0.2, -0.15) is 5.10 Å². The summed E-state index contributed by atoms with van der Waals surface area (Å²) in [4.78, 5) is 21.0. The smallest absolute Gasteiger partial charge is 0.150 e. The highest BCUT2D eigenvalue weighted by Gasteiger charge is 2.51. The second kappa shape index (κ2) is 9.58. The molecule has 6 rings (SSSR count). The number of H-pyrrole nitrogens is 1. The van der Waals surface area contributed by atoms with Gasteiger partial charge < -0.3 is 10.3 Å². The number of anilines is 1. The number of carbonyl (C=O) groups is 1. The Morgan fingerprint density at radius 3 is 2.59 bits per heavy atom. The third kappa shape index (κ3) is 4.57. The molecule has 2 N–H and O–H groups in total. The van der Waals surface area contributed by atoms with E-state index in [0.29, 0.717) is 17.0 Å². The number of nitrogens with one attached hydrogen (secondary N) is 2. The van der Waals surface area contributed by atoms with Crippen LogP contribution in [0.15, 0.2) is 36.5 Å². The monoisotopic (exact) mass is 460 g/mol. The van der Waals surface area contributed by atoms with Crippen LogP contribution in [0, 0.1) is 12.3 Å². The van der Waals surface area contributed by atoms with Crippen LogP contribution in [0.3, 0.4) is 0 Å². The highest BCUT2D eigenvalue weighted by molar-refractivity contribution is 5.88. The van der Waals surface area contributed by atoms with Gasteiger partial charge >= 0.3 is 0 Å². The van der Waals surface area contributed by atoms with Gasteiger partial charge in [0.05, 0.1) is 22.8 Å². The first-order valence-corrected chi connectivity index (χ1v) is 12.2. The fourth-order valence-corrected chi connectivity index (χ4v) is 5.05. The van der Waals surface area contributed by atoms with Crippen LogP contribution in [-0.2, 0) is 7.05 Å². The normalized spacial score (nSPS) is 18.4. The highest BCUT2D eigenvalue weighted by atomic mass is 16.1. The molecule has 0 radical (unpaired) electrons. The lowest BCUT2D eigenvalue weighted by Gasteiger charge is -2.17. The van der Waals surface area contributed by atoms with Crippen LogP contribution in [0.5, 0.6) is 0 Å². The minimum absolute atomic E-state index is 0.549. The van der Waals surface area contributed by atoms with Crippen molar-refractivity contribution in [2.45, 2.75) is 46.1 Å². The van der Waals surface area contributed by atoms with Gasteiger partial charge in [-0.1, -0.05) is 26.0 Å². The number of hydrogen-bond donors (Lipinski definition) is 2. The molecule has 1 atom stereocenters. The van der Waals surface area contributed by atoms with Crippen molar-refractivity contribution in [3.8, 4) is 0 Å². The molecule has 7 nitrogen and oxygen atoms in total. The predicted molar refractivity (Wildman–Crippen MR) is 139 cm³/mol. The molecule has 180 valence electrons. The van der Waals surface area contributed by atoms with E-state index in [1.54, 1.807) is 4.68 Å². The van der Waals surface area contributed by atoms with E-state index >= 15 is 0 Å². The van der Waals surface area contributed by atoms with Crippen molar-refractivity contribution in [2.24, 2.45) is 12.5 Å². The first-order valence-electron chi connectivity index (χ1n) is 12.2. The molecule has 1 unspecified atom stereocenters. The summed E-state index contributed by atoms with van der Waals surface area (Å²) >= 11 is 0. The molecule has 7 heteroatoms. The zero-order valence-corrected chi connectivity index (χ0v) is 21.1. The molecule has 1 spiro atoms. The lowest BCUT2D eigenvalue weighted by molar-refractivity contribution is 0.112. The van der Waals surface area contributed by atoms with Gasteiger partial charge in [0.2, 0.25) is 0 Å². The maximum absolute atomic E-state index is 10.5. The molecular formula is C27H36N6O. The van der Waals surface area contributed by atoms with Crippen LogP contribution in [0.25, 0.3) is 21.8 Å². The Hall–Kier alpha value is -3.19. The summed E-state index contributed by atoms with van der Waals surface area (Å²) < 4.78 is 1.79. The Morgan fingerprint density at radius 2 is 1.94 bits per heavy atom. The van der Waals surface area contributed by atoms with Crippen LogP contribution < -0.4 is 5.32 Å². The Balaban J connectivity index is 0.000000160. The average molecular weight is 461 g/mol. The average Bonchev–Trinajstić information content (AvgIpc) is 3.20. The summed E-state index contributed by atoms with van der Waals surface area (Å²) in [5.74, 6) is 0.916. The standard InChI is InChI=1S/C15H20N4.C10H10N2O.C2H6/c1-16-14-6-11-10(8-17-14)5-12(18-11)13-7-15(3-4-15)9-19(13)2;1-7-9-4-3-8(6-13)5-10(9)12(2)11-7;1-2/h5-6,8,13,18H,3-4,7,9H2,1-2H3,(H,16,17);3-6H,1-2H3;1-2H3. The zero-order valence-electron chi connectivity index (χ0n) is 21.1. The van der Waals surface area contributed by atoms with Gasteiger partial charge in [-0.15, -0.1) is 0 Å². The number of nitrogens with zero attached hydrogens (tertiary/aromatic N) is 4. The van der Waals surface area contributed by atoms with Crippen molar-refractivity contribution in [1.29, 1.82) is 0 Å². The number of carbonyl (C=O) groups excluding carboxylic acids is 1. The molecule has 1 saturated heterocycles. The Labute approximate surface area is 201 Å². The molecule has 0 bridgehead atoms. The molecule has 0 amide bonds. The predicted octanol–water partition coefficient (Wildman–Crippen LogP) is 5.48. The summed E-state index contributed by atoms with van der Waals surface area (Å²) in [5, 5.41) is 9.67. The number of rotatable bonds is 3. The van der Waals surface area contributed by atoms with E-state index in [0.717, 1.165) is 28.7 Å². The summed E-state index contributed by atoms with van der Waals surface area (Å²) in [7, 11) is 6.03. The number of aromatic amines is 1. The lowest BCUT2D eigenvalue weighted by atomic mass is 10.0. The van der Waals surface area contributed by atoms with Gasteiger partial charge in [-0.05, 0) is 50.8 Å². The highest BCUT2D eigenvalue weighted by Crippen LogP contribution is 2.57. The molecule has 34 heavy (non-hydrogen) atoms. The third-order valence-electron chi connectivity index (χ3n) is 7.04.